The van der Waals surface area contributed by atoms with E-state index in [1.807, 2.05) is 6.92 Å². The molecule has 1 aromatic carbocycles. The molecule has 0 aliphatic heterocycles. The average molecular weight is 313 g/mol. The predicted octanol–water partition coefficient (Wildman–Crippen LogP) is 3.61. The van der Waals surface area contributed by atoms with Gasteiger partial charge in [0.1, 0.15) is 0 Å². The molecule has 2 unspecified atom stereocenters. The molecule has 0 aromatic heterocycles. The van der Waals surface area contributed by atoms with Crippen molar-refractivity contribution in [3.8, 4) is 0 Å². The van der Waals surface area contributed by atoms with Crippen LogP contribution in [0.5, 0.6) is 0 Å². The molecule has 1 aromatic rings. The number of halogens is 1. The molecule has 0 heterocycles. The standard InChI is InChI=1S/C17H28N2O.ClH/c1-5-6-14-7-9-15(10-8-14)17(12(2)3)19-16(20)11-13(4)18;/h7-10,12-13,17H,5-6,11,18H2,1-4H3,(H,19,20);1H. The van der Waals surface area contributed by atoms with Gasteiger partial charge in [-0.3, -0.25) is 4.79 Å². The Hall–Kier alpha value is -1.06. The maximum atomic E-state index is 11.9. The number of hydrogen-bond acceptors (Lipinski definition) is 2. The van der Waals surface area contributed by atoms with Crippen molar-refractivity contribution >= 4 is 18.3 Å². The lowest BCUT2D eigenvalue weighted by molar-refractivity contribution is -0.122. The summed E-state index contributed by atoms with van der Waals surface area (Å²) < 4.78 is 0. The molecular formula is C17H29ClN2O. The van der Waals surface area contributed by atoms with Crippen LogP contribution in [0.15, 0.2) is 24.3 Å². The first-order valence-corrected chi connectivity index (χ1v) is 7.57. The van der Waals surface area contributed by atoms with Crippen LogP contribution in [0, 0.1) is 5.92 Å². The Labute approximate surface area is 135 Å². The van der Waals surface area contributed by atoms with Crippen LogP contribution in [0.2, 0.25) is 0 Å². The van der Waals surface area contributed by atoms with E-state index in [0.717, 1.165) is 18.4 Å². The van der Waals surface area contributed by atoms with Crippen LogP contribution in [0.1, 0.15) is 57.7 Å². The molecule has 0 saturated carbocycles. The van der Waals surface area contributed by atoms with Gasteiger partial charge in [0.15, 0.2) is 0 Å². The van der Waals surface area contributed by atoms with E-state index in [2.05, 4.69) is 50.4 Å². The van der Waals surface area contributed by atoms with Gasteiger partial charge in [-0.25, -0.2) is 0 Å². The summed E-state index contributed by atoms with van der Waals surface area (Å²) >= 11 is 0. The Balaban J connectivity index is 0.00000400. The van der Waals surface area contributed by atoms with Crippen molar-refractivity contribution in [2.24, 2.45) is 11.7 Å². The van der Waals surface area contributed by atoms with E-state index in [1.165, 1.54) is 5.56 Å². The monoisotopic (exact) mass is 312 g/mol. The summed E-state index contributed by atoms with van der Waals surface area (Å²) in [4.78, 5) is 11.9. The molecule has 0 aliphatic rings. The number of nitrogens with two attached hydrogens (primary N) is 1. The van der Waals surface area contributed by atoms with Crippen molar-refractivity contribution in [1.82, 2.24) is 5.32 Å². The van der Waals surface area contributed by atoms with Gasteiger partial charge in [0.2, 0.25) is 5.91 Å². The Morgan fingerprint density at radius 2 is 1.76 bits per heavy atom. The largest absolute Gasteiger partial charge is 0.349 e. The number of carbonyl (C=O) groups excluding carboxylic acids is 1. The fourth-order valence-electron chi connectivity index (χ4n) is 2.34. The number of rotatable bonds is 7. The fraction of sp³-hybridized carbons (Fsp3) is 0.588. The van der Waals surface area contributed by atoms with Gasteiger partial charge in [0.05, 0.1) is 6.04 Å². The van der Waals surface area contributed by atoms with E-state index >= 15 is 0 Å². The number of nitrogens with one attached hydrogen (secondary N) is 1. The fourth-order valence-corrected chi connectivity index (χ4v) is 2.34. The molecule has 0 aliphatic carbocycles. The van der Waals surface area contributed by atoms with Gasteiger partial charge in [-0.1, -0.05) is 51.5 Å². The van der Waals surface area contributed by atoms with E-state index < -0.39 is 0 Å². The Bertz CT molecular complexity index is 415. The van der Waals surface area contributed by atoms with Gasteiger partial charge >= 0.3 is 0 Å². The van der Waals surface area contributed by atoms with Crippen molar-refractivity contribution in [3.05, 3.63) is 35.4 Å². The van der Waals surface area contributed by atoms with E-state index in [4.69, 9.17) is 5.73 Å². The van der Waals surface area contributed by atoms with Gasteiger partial charge in [0.25, 0.3) is 0 Å². The lowest BCUT2D eigenvalue weighted by Gasteiger charge is -2.23. The topological polar surface area (TPSA) is 55.1 Å². The van der Waals surface area contributed by atoms with Crippen LogP contribution >= 0.6 is 12.4 Å². The second-order valence-corrected chi connectivity index (χ2v) is 5.96. The molecule has 0 radical (unpaired) electrons. The molecule has 0 bridgehead atoms. The lowest BCUT2D eigenvalue weighted by atomic mass is 9.94. The summed E-state index contributed by atoms with van der Waals surface area (Å²) in [6, 6.07) is 8.52. The maximum Gasteiger partial charge on any atom is 0.222 e. The van der Waals surface area contributed by atoms with E-state index in [-0.39, 0.29) is 30.4 Å². The van der Waals surface area contributed by atoms with Gasteiger partial charge in [-0.2, -0.15) is 0 Å². The summed E-state index contributed by atoms with van der Waals surface area (Å²) in [7, 11) is 0. The highest BCUT2D eigenvalue weighted by atomic mass is 35.5. The summed E-state index contributed by atoms with van der Waals surface area (Å²) in [5, 5.41) is 3.10. The first-order chi connectivity index (χ1) is 9.43. The predicted molar refractivity (Wildman–Crippen MR) is 91.7 cm³/mol. The second kappa shape index (κ2) is 9.80. The van der Waals surface area contributed by atoms with Gasteiger partial charge in [-0.15, -0.1) is 12.4 Å². The average Bonchev–Trinajstić information content (AvgIpc) is 2.36. The molecule has 0 fully saturated rings. The molecule has 4 heteroatoms. The summed E-state index contributed by atoms with van der Waals surface area (Å²) in [5.41, 5.74) is 8.19. The summed E-state index contributed by atoms with van der Waals surface area (Å²) in [6.07, 6.45) is 2.62. The van der Waals surface area contributed by atoms with Crippen LogP contribution in [0.3, 0.4) is 0 Å². The number of hydrogen-bond donors (Lipinski definition) is 2. The van der Waals surface area contributed by atoms with Crippen LogP contribution in [0.25, 0.3) is 0 Å². The van der Waals surface area contributed by atoms with Crippen molar-refractivity contribution in [3.63, 3.8) is 0 Å². The minimum Gasteiger partial charge on any atom is -0.349 e. The summed E-state index contributed by atoms with van der Waals surface area (Å²) in [6.45, 7) is 8.27. The molecular weight excluding hydrogens is 284 g/mol. The first kappa shape index (κ1) is 19.9. The highest BCUT2D eigenvalue weighted by Gasteiger charge is 2.18. The zero-order valence-corrected chi connectivity index (χ0v) is 14.4. The van der Waals surface area contributed by atoms with E-state index in [1.54, 1.807) is 0 Å². The Morgan fingerprint density at radius 1 is 1.19 bits per heavy atom. The molecule has 3 nitrogen and oxygen atoms in total. The van der Waals surface area contributed by atoms with Crippen LogP contribution < -0.4 is 11.1 Å². The molecule has 3 N–H and O–H groups in total. The molecule has 1 rings (SSSR count). The van der Waals surface area contributed by atoms with Crippen molar-refractivity contribution in [1.29, 1.82) is 0 Å². The molecule has 0 saturated heterocycles. The SMILES string of the molecule is CCCc1ccc(C(NC(=O)CC(C)N)C(C)C)cc1.Cl. The number of aryl methyl sites for hydroxylation is 1. The van der Waals surface area contributed by atoms with Crippen LogP contribution in [0.4, 0.5) is 0 Å². The van der Waals surface area contributed by atoms with Gasteiger partial charge in [0, 0.05) is 12.5 Å². The normalized spacial score (nSPS) is 13.4. The molecule has 120 valence electrons. The first-order valence-electron chi connectivity index (χ1n) is 7.57. The molecule has 0 spiro atoms. The molecule has 2 atom stereocenters. The quantitative estimate of drug-likeness (QED) is 0.808. The second-order valence-electron chi connectivity index (χ2n) is 5.96. The zero-order chi connectivity index (χ0) is 15.1. The highest BCUT2D eigenvalue weighted by Crippen LogP contribution is 2.22. The van der Waals surface area contributed by atoms with Crippen molar-refractivity contribution in [2.45, 2.75) is 59.0 Å². The van der Waals surface area contributed by atoms with Gasteiger partial charge in [-0.05, 0) is 30.4 Å². The third-order valence-electron chi connectivity index (χ3n) is 3.37. The molecule has 21 heavy (non-hydrogen) atoms. The van der Waals surface area contributed by atoms with Crippen molar-refractivity contribution < 1.29 is 4.79 Å². The third kappa shape index (κ3) is 6.96. The third-order valence-corrected chi connectivity index (χ3v) is 3.37. The van der Waals surface area contributed by atoms with Gasteiger partial charge < -0.3 is 11.1 Å². The maximum absolute atomic E-state index is 11.9. The lowest BCUT2D eigenvalue weighted by Crippen LogP contribution is -2.35. The van der Waals surface area contributed by atoms with Crippen LogP contribution in [-0.2, 0) is 11.2 Å². The minimum atomic E-state index is -0.102. The Kier molecular flexibility index (Phi) is 9.31. The van der Waals surface area contributed by atoms with Crippen LogP contribution in [-0.4, -0.2) is 11.9 Å². The number of carbonyl (C=O) groups is 1. The minimum absolute atomic E-state index is 0. The van der Waals surface area contributed by atoms with E-state index in [9.17, 15) is 4.79 Å². The number of benzene rings is 1. The zero-order valence-electron chi connectivity index (χ0n) is 13.6. The van der Waals surface area contributed by atoms with Crippen molar-refractivity contribution in [2.75, 3.05) is 0 Å². The highest BCUT2D eigenvalue weighted by molar-refractivity contribution is 5.85. The molecule has 1 amide bonds. The number of amides is 1. The van der Waals surface area contributed by atoms with E-state index in [0.29, 0.717) is 12.3 Å². The summed E-state index contributed by atoms with van der Waals surface area (Å²) in [5.74, 6) is 0.375. The smallest absolute Gasteiger partial charge is 0.222 e. The Morgan fingerprint density at radius 3 is 2.19 bits per heavy atom.